The normalized spacial score (nSPS) is 11.7. The van der Waals surface area contributed by atoms with Crippen LogP contribution in [0.3, 0.4) is 0 Å². The first-order chi connectivity index (χ1) is 14.3. The van der Waals surface area contributed by atoms with Gasteiger partial charge in [-0.3, -0.25) is 0 Å². The van der Waals surface area contributed by atoms with E-state index in [0.29, 0.717) is 35.6 Å². The lowest BCUT2D eigenvalue weighted by Gasteiger charge is -2.27. The first kappa shape index (κ1) is 24.8. The molecule has 0 radical (unpaired) electrons. The number of rotatable bonds is 12. The SMILES string of the molecule is CCCCOc1c(Cl)cc(C(C)(C)c2ccc(OCCCOC(C)C)cc2)cc1Cl. The summed E-state index contributed by atoms with van der Waals surface area (Å²) in [4.78, 5) is 0. The third-order valence-electron chi connectivity index (χ3n) is 5.05. The first-order valence-corrected chi connectivity index (χ1v) is 11.5. The summed E-state index contributed by atoms with van der Waals surface area (Å²) in [6.45, 7) is 12.5. The maximum absolute atomic E-state index is 6.50. The number of halogens is 2. The minimum absolute atomic E-state index is 0.255. The van der Waals surface area contributed by atoms with Crippen LogP contribution >= 0.6 is 23.2 Å². The monoisotopic (exact) mass is 452 g/mol. The molecular weight excluding hydrogens is 419 g/mol. The van der Waals surface area contributed by atoms with E-state index in [2.05, 4.69) is 32.9 Å². The van der Waals surface area contributed by atoms with Gasteiger partial charge < -0.3 is 14.2 Å². The van der Waals surface area contributed by atoms with Crippen molar-refractivity contribution in [1.82, 2.24) is 0 Å². The second-order valence-corrected chi connectivity index (χ2v) is 9.06. The van der Waals surface area contributed by atoms with E-state index in [9.17, 15) is 0 Å². The van der Waals surface area contributed by atoms with Crippen LogP contribution in [0.15, 0.2) is 36.4 Å². The number of hydrogen-bond donors (Lipinski definition) is 0. The van der Waals surface area contributed by atoms with Crippen LogP contribution in [-0.2, 0) is 10.2 Å². The molecule has 0 aliphatic rings. The molecule has 3 nitrogen and oxygen atoms in total. The van der Waals surface area contributed by atoms with Crippen LogP contribution in [0.25, 0.3) is 0 Å². The van der Waals surface area contributed by atoms with Crippen molar-refractivity contribution in [3.63, 3.8) is 0 Å². The number of ether oxygens (including phenoxy) is 3. The molecule has 0 fully saturated rings. The standard InChI is InChI=1S/C25H34Cl2O3/c1-6-7-13-30-24-22(26)16-20(17-23(24)27)25(4,5)19-9-11-21(12-10-19)29-15-8-14-28-18(2)3/h9-12,16-18H,6-8,13-15H2,1-5H3. The van der Waals surface area contributed by atoms with Crippen molar-refractivity contribution in [3.05, 3.63) is 57.6 Å². The highest BCUT2D eigenvalue weighted by atomic mass is 35.5. The van der Waals surface area contributed by atoms with Gasteiger partial charge >= 0.3 is 0 Å². The largest absolute Gasteiger partial charge is 0.494 e. The summed E-state index contributed by atoms with van der Waals surface area (Å²) in [5.74, 6) is 1.42. The Hall–Kier alpha value is -1.42. The number of unbranched alkanes of at least 4 members (excludes halogenated alkanes) is 1. The van der Waals surface area contributed by atoms with E-state index < -0.39 is 0 Å². The van der Waals surface area contributed by atoms with Gasteiger partial charge in [-0.05, 0) is 55.7 Å². The lowest BCUT2D eigenvalue weighted by molar-refractivity contribution is 0.0694. The van der Waals surface area contributed by atoms with Crippen molar-refractivity contribution in [2.24, 2.45) is 0 Å². The molecule has 0 saturated carbocycles. The van der Waals surface area contributed by atoms with Crippen molar-refractivity contribution in [2.75, 3.05) is 19.8 Å². The van der Waals surface area contributed by atoms with Crippen LogP contribution in [0, 0.1) is 0 Å². The topological polar surface area (TPSA) is 27.7 Å². The van der Waals surface area contributed by atoms with E-state index in [4.69, 9.17) is 37.4 Å². The number of hydrogen-bond acceptors (Lipinski definition) is 3. The summed E-state index contributed by atoms with van der Waals surface area (Å²) in [5, 5.41) is 1.09. The summed E-state index contributed by atoms with van der Waals surface area (Å²) in [6.07, 6.45) is 3.16. The van der Waals surface area contributed by atoms with Crippen LogP contribution in [0.5, 0.6) is 11.5 Å². The Kier molecular flexibility index (Phi) is 9.80. The molecular formula is C25H34Cl2O3. The fourth-order valence-electron chi connectivity index (χ4n) is 3.08. The van der Waals surface area contributed by atoms with Gasteiger partial charge in [0.15, 0.2) is 5.75 Å². The molecule has 0 saturated heterocycles. The Morgan fingerprint density at radius 2 is 1.43 bits per heavy atom. The molecule has 2 aromatic carbocycles. The van der Waals surface area contributed by atoms with Crippen molar-refractivity contribution >= 4 is 23.2 Å². The molecule has 0 bridgehead atoms. The minimum Gasteiger partial charge on any atom is -0.494 e. The average Bonchev–Trinajstić information content (AvgIpc) is 2.70. The van der Waals surface area contributed by atoms with Gasteiger partial charge in [-0.2, -0.15) is 0 Å². The van der Waals surface area contributed by atoms with Crippen LogP contribution < -0.4 is 9.47 Å². The van der Waals surface area contributed by atoms with Gasteiger partial charge in [-0.25, -0.2) is 0 Å². The van der Waals surface area contributed by atoms with Crippen LogP contribution in [-0.4, -0.2) is 25.9 Å². The molecule has 0 unspecified atom stereocenters. The van der Waals surface area contributed by atoms with Crippen LogP contribution in [0.2, 0.25) is 10.0 Å². The number of benzene rings is 2. The summed E-state index contributed by atoms with van der Waals surface area (Å²) < 4.78 is 17.1. The maximum atomic E-state index is 6.50. The Morgan fingerprint density at radius 3 is 2.00 bits per heavy atom. The molecule has 0 spiro atoms. The van der Waals surface area contributed by atoms with Crippen molar-refractivity contribution < 1.29 is 14.2 Å². The summed E-state index contributed by atoms with van der Waals surface area (Å²) >= 11 is 13.0. The summed E-state index contributed by atoms with van der Waals surface area (Å²) in [7, 11) is 0. The molecule has 2 rings (SSSR count). The molecule has 2 aromatic rings. The van der Waals surface area contributed by atoms with Crippen LogP contribution in [0.4, 0.5) is 0 Å². The third-order valence-corrected chi connectivity index (χ3v) is 5.61. The molecule has 0 aromatic heterocycles. The average molecular weight is 453 g/mol. The smallest absolute Gasteiger partial charge is 0.156 e. The zero-order chi connectivity index (χ0) is 22.1. The van der Waals surface area contributed by atoms with Crippen molar-refractivity contribution in [1.29, 1.82) is 0 Å². The Bertz CT molecular complexity index is 762. The third kappa shape index (κ3) is 7.08. The van der Waals surface area contributed by atoms with Gasteiger partial charge in [0.1, 0.15) is 5.75 Å². The second kappa shape index (κ2) is 11.8. The zero-order valence-electron chi connectivity index (χ0n) is 18.8. The molecule has 0 amide bonds. The molecule has 0 aliphatic heterocycles. The molecule has 0 atom stereocenters. The van der Waals surface area contributed by atoms with Gasteiger partial charge in [0.25, 0.3) is 0 Å². The van der Waals surface area contributed by atoms with E-state index in [0.717, 1.165) is 36.1 Å². The van der Waals surface area contributed by atoms with E-state index >= 15 is 0 Å². The Balaban J connectivity index is 2.05. The highest BCUT2D eigenvalue weighted by Gasteiger charge is 2.25. The second-order valence-electron chi connectivity index (χ2n) is 8.24. The van der Waals surface area contributed by atoms with E-state index in [1.807, 2.05) is 38.1 Å². The molecule has 166 valence electrons. The van der Waals surface area contributed by atoms with Gasteiger partial charge in [-0.15, -0.1) is 0 Å². The van der Waals surface area contributed by atoms with E-state index in [1.165, 1.54) is 0 Å². The quantitative estimate of drug-likeness (QED) is 0.308. The molecule has 0 aliphatic carbocycles. The van der Waals surface area contributed by atoms with Crippen molar-refractivity contribution in [2.45, 2.75) is 65.4 Å². The lowest BCUT2D eigenvalue weighted by atomic mass is 9.78. The molecule has 0 N–H and O–H groups in total. The lowest BCUT2D eigenvalue weighted by Crippen LogP contribution is -2.19. The molecule has 5 heteroatoms. The Morgan fingerprint density at radius 1 is 0.833 bits per heavy atom. The zero-order valence-corrected chi connectivity index (χ0v) is 20.3. The predicted molar refractivity (Wildman–Crippen MR) is 127 cm³/mol. The summed E-state index contributed by atoms with van der Waals surface area (Å²) in [6, 6.07) is 12.1. The van der Waals surface area contributed by atoms with Gasteiger partial charge in [-0.1, -0.05) is 62.5 Å². The van der Waals surface area contributed by atoms with E-state index in [1.54, 1.807) is 0 Å². The van der Waals surface area contributed by atoms with Gasteiger partial charge in [0.05, 0.1) is 36.0 Å². The predicted octanol–water partition coefficient (Wildman–Crippen LogP) is 7.69. The first-order valence-electron chi connectivity index (χ1n) is 10.7. The molecule has 30 heavy (non-hydrogen) atoms. The highest BCUT2D eigenvalue weighted by molar-refractivity contribution is 6.37. The highest BCUT2D eigenvalue weighted by Crippen LogP contribution is 2.40. The fraction of sp³-hybridized carbons (Fsp3) is 0.520. The van der Waals surface area contributed by atoms with Crippen molar-refractivity contribution in [3.8, 4) is 11.5 Å². The summed E-state index contributed by atoms with van der Waals surface area (Å²) in [5.41, 5.74) is 1.93. The maximum Gasteiger partial charge on any atom is 0.156 e. The van der Waals surface area contributed by atoms with Crippen LogP contribution in [0.1, 0.15) is 65.0 Å². The minimum atomic E-state index is -0.265. The van der Waals surface area contributed by atoms with Gasteiger partial charge in [0.2, 0.25) is 0 Å². The fourth-order valence-corrected chi connectivity index (χ4v) is 3.68. The van der Waals surface area contributed by atoms with E-state index in [-0.39, 0.29) is 11.5 Å². The Labute approximate surface area is 191 Å². The van der Waals surface area contributed by atoms with Gasteiger partial charge in [0, 0.05) is 11.8 Å². The molecule has 0 heterocycles.